The fourth-order valence-electron chi connectivity index (χ4n) is 1.41. The molecule has 0 radical (unpaired) electrons. The van der Waals surface area contributed by atoms with E-state index < -0.39 is 11.7 Å². The van der Waals surface area contributed by atoms with Gasteiger partial charge in [-0.15, -0.1) is 0 Å². The number of nitrogens with two attached hydrogens (primary N) is 1. The Labute approximate surface area is 118 Å². The van der Waals surface area contributed by atoms with Crippen molar-refractivity contribution in [1.82, 2.24) is 4.98 Å². The van der Waals surface area contributed by atoms with Crippen LogP contribution in [0.3, 0.4) is 0 Å². The maximum absolute atomic E-state index is 13.0. The third-order valence-electron chi connectivity index (χ3n) is 2.31. The van der Waals surface area contributed by atoms with Crippen LogP contribution in [0.15, 0.2) is 30.5 Å². The standard InChI is InChI=1S/C12H8Cl2FN3O/c13-6-1-2-10(9(14)3-6)18-12(19)8-4-7(15)5-17-11(8)16/h1-5H,(H2,16,17)(H,18,19). The summed E-state index contributed by atoms with van der Waals surface area (Å²) < 4.78 is 13.0. The van der Waals surface area contributed by atoms with Crippen molar-refractivity contribution in [1.29, 1.82) is 0 Å². The second-order valence-electron chi connectivity index (χ2n) is 3.66. The normalized spacial score (nSPS) is 10.3. The van der Waals surface area contributed by atoms with Crippen molar-refractivity contribution >= 4 is 40.6 Å². The van der Waals surface area contributed by atoms with Gasteiger partial charge in [0, 0.05) is 5.02 Å². The second-order valence-corrected chi connectivity index (χ2v) is 4.51. The highest BCUT2D eigenvalue weighted by Crippen LogP contribution is 2.26. The Morgan fingerprint density at radius 3 is 2.74 bits per heavy atom. The molecule has 0 bridgehead atoms. The highest BCUT2D eigenvalue weighted by Gasteiger charge is 2.13. The molecule has 0 spiro atoms. The van der Waals surface area contributed by atoms with Gasteiger partial charge in [-0.3, -0.25) is 4.79 Å². The fourth-order valence-corrected chi connectivity index (χ4v) is 1.87. The Kier molecular flexibility index (Phi) is 3.87. The third kappa shape index (κ3) is 3.13. The molecule has 2 rings (SSSR count). The van der Waals surface area contributed by atoms with E-state index in [1.54, 1.807) is 6.07 Å². The van der Waals surface area contributed by atoms with Gasteiger partial charge in [0.15, 0.2) is 0 Å². The van der Waals surface area contributed by atoms with Gasteiger partial charge in [-0.2, -0.15) is 0 Å². The highest BCUT2D eigenvalue weighted by molar-refractivity contribution is 6.36. The zero-order chi connectivity index (χ0) is 14.0. The number of hydrogen-bond acceptors (Lipinski definition) is 3. The van der Waals surface area contributed by atoms with Gasteiger partial charge in [-0.05, 0) is 24.3 Å². The van der Waals surface area contributed by atoms with Crippen molar-refractivity contribution in [3.63, 3.8) is 0 Å². The van der Waals surface area contributed by atoms with E-state index in [1.165, 1.54) is 12.1 Å². The largest absolute Gasteiger partial charge is 0.383 e. The summed E-state index contributed by atoms with van der Waals surface area (Å²) in [5, 5.41) is 3.21. The second kappa shape index (κ2) is 5.42. The van der Waals surface area contributed by atoms with Crippen LogP contribution in [0.5, 0.6) is 0 Å². The van der Waals surface area contributed by atoms with E-state index in [1.807, 2.05) is 0 Å². The smallest absolute Gasteiger partial charge is 0.259 e. The summed E-state index contributed by atoms with van der Waals surface area (Å²) in [6.45, 7) is 0. The van der Waals surface area contributed by atoms with Crippen molar-refractivity contribution < 1.29 is 9.18 Å². The minimum absolute atomic E-state index is 0.0639. The molecule has 1 aromatic carbocycles. The number of halogens is 3. The lowest BCUT2D eigenvalue weighted by molar-refractivity contribution is 0.102. The number of carbonyl (C=O) groups excluding carboxylic acids is 1. The highest BCUT2D eigenvalue weighted by atomic mass is 35.5. The number of pyridine rings is 1. The number of nitrogen functional groups attached to an aromatic ring is 1. The molecule has 0 atom stereocenters. The van der Waals surface area contributed by atoms with E-state index in [-0.39, 0.29) is 16.4 Å². The number of benzene rings is 1. The molecule has 0 unspecified atom stereocenters. The lowest BCUT2D eigenvalue weighted by Crippen LogP contribution is -2.15. The third-order valence-corrected chi connectivity index (χ3v) is 2.86. The molecular weight excluding hydrogens is 292 g/mol. The Morgan fingerprint density at radius 1 is 1.32 bits per heavy atom. The molecule has 1 amide bonds. The van der Waals surface area contributed by atoms with Gasteiger partial charge in [-0.25, -0.2) is 9.37 Å². The Balaban J connectivity index is 2.28. The number of carbonyl (C=O) groups is 1. The molecule has 0 saturated carbocycles. The molecule has 1 aromatic heterocycles. The van der Waals surface area contributed by atoms with Crippen molar-refractivity contribution in [2.24, 2.45) is 0 Å². The number of aromatic nitrogens is 1. The first-order valence-corrected chi connectivity index (χ1v) is 5.90. The summed E-state index contributed by atoms with van der Waals surface area (Å²) in [6.07, 6.45) is 0.932. The topological polar surface area (TPSA) is 68.0 Å². The number of rotatable bonds is 2. The number of nitrogens with one attached hydrogen (secondary N) is 1. The summed E-state index contributed by atoms with van der Waals surface area (Å²) in [6, 6.07) is 5.58. The van der Waals surface area contributed by atoms with Gasteiger partial charge in [0.05, 0.1) is 22.5 Å². The lowest BCUT2D eigenvalue weighted by atomic mass is 10.2. The maximum Gasteiger partial charge on any atom is 0.259 e. The summed E-state index contributed by atoms with van der Waals surface area (Å²) in [4.78, 5) is 15.5. The van der Waals surface area contributed by atoms with E-state index in [2.05, 4.69) is 10.3 Å². The molecule has 0 fully saturated rings. The Hall–Kier alpha value is -1.85. The predicted molar refractivity (Wildman–Crippen MR) is 73.0 cm³/mol. The molecule has 4 nitrogen and oxygen atoms in total. The SMILES string of the molecule is Nc1ncc(F)cc1C(=O)Nc1ccc(Cl)cc1Cl. The zero-order valence-electron chi connectivity index (χ0n) is 9.45. The van der Waals surface area contributed by atoms with Gasteiger partial charge in [0.25, 0.3) is 5.91 Å². The van der Waals surface area contributed by atoms with Gasteiger partial charge in [0.2, 0.25) is 0 Å². The van der Waals surface area contributed by atoms with Crippen molar-refractivity contribution in [2.45, 2.75) is 0 Å². The molecule has 0 saturated heterocycles. The molecule has 7 heteroatoms. The predicted octanol–water partition coefficient (Wildman–Crippen LogP) is 3.36. The molecule has 0 aliphatic heterocycles. The van der Waals surface area contributed by atoms with Crippen LogP contribution in [0.25, 0.3) is 0 Å². The number of anilines is 2. The zero-order valence-corrected chi connectivity index (χ0v) is 11.0. The minimum atomic E-state index is -0.651. The van der Waals surface area contributed by atoms with Gasteiger partial charge < -0.3 is 11.1 Å². The Morgan fingerprint density at radius 2 is 2.05 bits per heavy atom. The van der Waals surface area contributed by atoms with Crippen LogP contribution in [0.4, 0.5) is 15.9 Å². The van der Waals surface area contributed by atoms with Crippen LogP contribution in [0, 0.1) is 5.82 Å². The van der Waals surface area contributed by atoms with Crippen LogP contribution >= 0.6 is 23.2 Å². The molecule has 0 aliphatic rings. The molecular formula is C12H8Cl2FN3O. The molecule has 2 aromatic rings. The quantitative estimate of drug-likeness (QED) is 0.893. The van der Waals surface area contributed by atoms with Crippen LogP contribution in [-0.4, -0.2) is 10.9 Å². The number of hydrogen-bond donors (Lipinski definition) is 2. The summed E-state index contributed by atoms with van der Waals surface area (Å²) in [5.74, 6) is -1.32. The van der Waals surface area contributed by atoms with Crippen molar-refractivity contribution in [3.05, 3.63) is 51.9 Å². The van der Waals surface area contributed by atoms with E-state index in [0.717, 1.165) is 12.3 Å². The Bertz CT molecular complexity index is 649. The minimum Gasteiger partial charge on any atom is -0.383 e. The average Bonchev–Trinajstić information content (AvgIpc) is 2.35. The number of nitrogens with zero attached hydrogens (tertiary/aromatic N) is 1. The number of amides is 1. The van der Waals surface area contributed by atoms with Crippen LogP contribution in [0.2, 0.25) is 10.0 Å². The van der Waals surface area contributed by atoms with E-state index in [9.17, 15) is 9.18 Å². The first-order valence-electron chi connectivity index (χ1n) is 5.15. The first kappa shape index (κ1) is 13.6. The molecule has 3 N–H and O–H groups in total. The van der Waals surface area contributed by atoms with Crippen molar-refractivity contribution in [2.75, 3.05) is 11.1 Å². The van der Waals surface area contributed by atoms with Crippen LogP contribution < -0.4 is 11.1 Å². The first-order chi connectivity index (χ1) is 8.97. The lowest BCUT2D eigenvalue weighted by Gasteiger charge is -2.08. The summed E-state index contributed by atoms with van der Waals surface area (Å²) in [5.41, 5.74) is 5.80. The van der Waals surface area contributed by atoms with E-state index >= 15 is 0 Å². The van der Waals surface area contributed by atoms with Crippen LogP contribution in [-0.2, 0) is 0 Å². The monoisotopic (exact) mass is 299 g/mol. The van der Waals surface area contributed by atoms with Gasteiger partial charge >= 0.3 is 0 Å². The molecule has 98 valence electrons. The van der Waals surface area contributed by atoms with E-state index in [0.29, 0.717) is 10.7 Å². The fraction of sp³-hybridized carbons (Fsp3) is 0. The molecule has 0 aliphatic carbocycles. The molecule has 1 heterocycles. The van der Waals surface area contributed by atoms with E-state index in [4.69, 9.17) is 28.9 Å². The average molecular weight is 300 g/mol. The molecule has 19 heavy (non-hydrogen) atoms. The van der Waals surface area contributed by atoms with Gasteiger partial charge in [-0.1, -0.05) is 23.2 Å². The van der Waals surface area contributed by atoms with Gasteiger partial charge in [0.1, 0.15) is 11.6 Å². The maximum atomic E-state index is 13.0. The van der Waals surface area contributed by atoms with Crippen LogP contribution in [0.1, 0.15) is 10.4 Å². The van der Waals surface area contributed by atoms with Crippen molar-refractivity contribution in [3.8, 4) is 0 Å². The summed E-state index contributed by atoms with van der Waals surface area (Å²) in [7, 11) is 0. The summed E-state index contributed by atoms with van der Waals surface area (Å²) >= 11 is 11.7.